The van der Waals surface area contributed by atoms with Crippen molar-refractivity contribution >= 4 is 11.8 Å². The number of likely N-dealkylation sites (tertiary alicyclic amines) is 1. The molecule has 1 aliphatic rings. The van der Waals surface area contributed by atoms with Crippen LogP contribution in [0.2, 0.25) is 0 Å². The molecule has 1 fully saturated rings. The van der Waals surface area contributed by atoms with Crippen LogP contribution in [0.25, 0.3) is 0 Å². The Morgan fingerprint density at radius 3 is 2.72 bits per heavy atom. The maximum Gasteiger partial charge on any atom is 0.254 e. The van der Waals surface area contributed by atoms with E-state index in [0.717, 1.165) is 12.0 Å². The van der Waals surface area contributed by atoms with Gasteiger partial charge in [-0.25, -0.2) is 4.39 Å². The van der Waals surface area contributed by atoms with E-state index in [0.29, 0.717) is 51.3 Å². The summed E-state index contributed by atoms with van der Waals surface area (Å²) in [5.74, 6) is -0.585. The summed E-state index contributed by atoms with van der Waals surface area (Å²) in [4.78, 5) is 26.4. The first-order valence-corrected chi connectivity index (χ1v) is 8.93. The van der Waals surface area contributed by atoms with Crippen LogP contribution in [0.1, 0.15) is 42.1 Å². The molecular formula is C19H27FN2O3. The van der Waals surface area contributed by atoms with Crippen LogP contribution in [0.5, 0.6) is 0 Å². The van der Waals surface area contributed by atoms with Crippen LogP contribution in [-0.2, 0) is 9.53 Å². The number of halogens is 1. The van der Waals surface area contributed by atoms with Crippen molar-refractivity contribution in [1.29, 1.82) is 0 Å². The highest BCUT2D eigenvalue weighted by atomic mass is 19.1. The number of hydrogen-bond donors (Lipinski definition) is 1. The number of piperidine rings is 1. The Kier molecular flexibility index (Phi) is 7.37. The molecule has 0 radical (unpaired) electrons. The quantitative estimate of drug-likeness (QED) is 0.769. The summed E-state index contributed by atoms with van der Waals surface area (Å²) in [6.07, 6.45) is 2.07. The van der Waals surface area contributed by atoms with Gasteiger partial charge in [0.2, 0.25) is 5.91 Å². The summed E-state index contributed by atoms with van der Waals surface area (Å²) < 4.78 is 18.6. The van der Waals surface area contributed by atoms with E-state index in [2.05, 4.69) is 5.32 Å². The van der Waals surface area contributed by atoms with E-state index in [4.69, 9.17) is 4.74 Å². The largest absolute Gasteiger partial charge is 0.382 e. The van der Waals surface area contributed by atoms with Gasteiger partial charge < -0.3 is 15.0 Å². The molecule has 0 spiro atoms. The Bertz CT molecular complexity index is 598. The lowest BCUT2D eigenvalue weighted by Crippen LogP contribution is -2.43. The van der Waals surface area contributed by atoms with Crippen LogP contribution >= 0.6 is 0 Å². The molecule has 5 nitrogen and oxygen atoms in total. The second-order valence-electron chi connectivity index (χ2n) is 6.37. The second-order valence-corrected chi connectivity index (χ2v) is 6.37. The van der Waals surface area contributed by atoms with Gasteiger partial charge in [-0.1, -0.05) is 6.07 Å². The van der Waals surface area contributed by atoms with E-state index in [1.54, 1.807) is 17.9 Å². The molecule has 0 aromatic heterocycles. The Balaban J connectivity index is 1.80. The summed E-state index contributed by atoms with van der Waals surface area (Å²) in [7, 11) is 0. The molecule has 1 N–H and O–H groups in total. The normalized spacial score (nSPS) is 15.2. The van der Waals surface area contributed by atoms with Crippen LogP contribution in [0.4, 0.5) is 4.39 Å². The van der Waals surface area contributed by atoms with Gasteiger partial charge in [0, 0.05) is 44.3 Å². The number of nitrogens with zero attached hydrogens (tertiary/aromatic N) is 1. The van der Waals surface area contributed by atoms with Crippen molar-refractivity contribution in [2.45, 2.75) is 33.1 Å². The molecule has 0 atom stereocenters. The van der Waals surface area contributed by atoms with Crippen molar-refractivity contribution in [3.8, 4) is 0 Å². The first-order chi connectivity index (χ1) is 12.0. The number of carbonyl (C=O) groups is 2. The zero-order valence-electron chi connectivity index (χ0n) is 15.0. The van der Waals surface area contributed by atoms with Gasteiger partial charge in [0.1, 0.15) is 5.82 Å². The number of ether oxygens (including phenoxy) is 1. The number of benzene rings is 1. The molecule has 2 rings (SSSR count). The predicted octanol–water partition coefficient (Wildman–Crippen LogP) is 2.53. The van der Waals surface area contributed by atoms with Gasteiger partial charge in [-0.15, -0.1) is 0 Å². The molecule has 0 unspecified atom stereocenters. The van der Waals surface area contributed by atoms with Crippen molar-refractivity contribution in [1.82, 2.24) is 10.2 Å². The van der Waals surface area contributed by atoms with Gasteiger partial charge in [-0.05, 0) is 50.8 Å². The van der Waals surface area contributed by atoms with E-state index in [-0.39, 0.29) is 17.7 Å². The Hall–Kier alpha value is -1.95. The van der Waals surface area contributed by atoms with Crippen LogP contribution in [0.3, 0.4) is 0 Å². The third-order valence-corrected chi connectivity index (χ3v) is 4.55. The fourth-order valence-electron chi connectivity index (χ4n) is 3.01. The van der Waals surface area contributed by atoms with E-state index in [9.17, 15) is 14.0 Å². The smallest absolute Gasteiger partial charge is 0.254 e. The average molecular weight is 350 g/mol. The zero-order chi connectivity index (χ0) is 18.2. The maximum absolute atomic E-state index is 13.4. The van der Waals surface area contributed by atoms with Crippen molar-refractivity contribution in [2.24, 2.45) is 5.92 Å². The first-order valence-electron chi connectivity index (χ1n) is 8.93. The van der Waals surface area contributed by atoms with Crippen molar-refractivity contribution in [3.05, 3.63) is 35.1 Å². The van der Waals surface area contributed by atoms with E-state index < -0.39 is 5.82 Å². The molecule has 138 valence electrons. The third-order valence-electron chi connectivity index (χ3n) is 4.55. The Morgan fingerprint density at radius 2 is 2.04 bits per heavy atom. The Labute approximate surface area is 148 Å². The molecule has 0 bridgehead atoms. The fraction of sp³-hybridized carbons (Fsp3) is 0.579. The highest BCUT2D eigenvalue weighted by molar-refractivity contribution is 5.95. The van der Waals surface area contributed by atoms with Gasteiger partial charge in [0.05, 0.1) is 0 Å². The molecule has 1 aromatic carbocycles. The first kappa shape index (κ1) is 19.4. The molecular weight excluding hydrogens is 323 g/mol. The van der Waals surface area contributed by atoms with Crippen LogP contribution in [0, 0.1) is 18.7 Å². The number of amides is 2. The Morgan fingerprint density at radius 1 is 1.32 bits per heavy atom. The average Bonchev–Trinajstić information content (AvgIpc) is 2.63. The fourth-order valence-corrected chi connectivity index (χ4v) is 3.01. The summed E-state index contributed by atoms with van der Waals surface area (Å²) in [6, 6.07) is 4.26. The zero-order valence-corrected chi connectivity index (χ0v) is 15.0. The molecule has 1 saturated heterocycles. The predicted molar refractivity (Wildman–Crippen MR) is 93.9 cm³/mol. The minimum Gasteiger partial charge on any atom is -0.382 e. The number of rotatable bonds is 7. The molecule has 25 heavy (non-hydrogen) atoms. The molecule has 0 aliphatic carbocycles. The van der Waals surface area contributed by atoms with Gasteiger partial charge in [0.15, 0.2) is 0 Å². The monoisotopic (exact) mass is 350 g/mol. The van der Waals surface area contributed by atoms with Gasteiger partial charge in [-0.3, -0.25) is 9.59 Å². The molecule has 1 aliphatic heterocycles. The van der Waals surface area contributed by atoms with Gasteiger partial charge in [-0.2, -0.15) is 0 Å². The number of nitrogens with one attached hydrogen (secondary N) is 1. The summed E-state index contributed by atoms with van der Waals surface area (Å²) in [5.41, 5.74) is 1.17. The number of carbonyl (C=O) groups excluding carboxylic acids is 2. The van der Waals surface area contributed by atoms with Crippen LogP contribution in [0.15, 0.2) is 18.2 Å². The minimum atomic E-state index is -0.407. The summed E-state index contributed by atoms with van der Waals surface area (Å²) in [6.45, 7) is 6.73. The summed E-state index contributed by atoms with van der Waals surface area (Å²) in [5, 5.41) is 2.93. The second kappa shape index (κ2) is 9.51. The number of aryl methyl sites for hydroxylation is 1. The van der Waals surface area contributed by atoms with Crippen molar-refractivity contribution in [3.63, 3.8) is 0 Å². The lowest BCUT2D eigenvalue weighted by atomic mass is 9.95. The van der Waals surface area contributed by atoms with Crippen molar-refractivity contribution < 1.29 is 18.7 Å². The number of hydrogen-bond acceptors (Lipinski definition) is 3. The lowest BCUT2D eigenvalue weighted by molar-refractivity contribution is -0.126. The SMILES string of the molecule is CCOCCCNC(=O)C1CCN(C(=O)c2cc(F)ccc2C)CC1. The standard InChI is InChI=1S/C19H27FN2O3/c1-3-25-12-4-9-21-18(23)15-7-10-22(11-8-15)19(24)17-13-16(20)6-5-14(17)2/h5-6,13,15H,3-4,7-12H2,1-2H3,(H,21,23). The summed E-state index contributed by atoms with van der Waals surface area (Å²) >= 11 is 0. The molecule has 1 heterocycles. The van der Waals surface area contributed by atoms with Gasteiger partial charge >= 0.3 is 0 Å². The minimum absolute atomic E-state index is 0.0468. The molecule has 6 heteroatoms. The third kappa shape index (κ3) is 5.53. The molecule has 0 saturated carbocycles. The highest BCUT2D eigenvalue weighted by Gasteiger charge is 2.28. The van der Waals surface area contributed by atoms with E-state index in [1.807, 2.05) is 6.92 Å². The molecule has 1 aromatic rings. The topological polar surface area (TPSA) is 58.6 Å². The van der Waals surface area contributed by atoms with E-state index in [1.165, 1.54) is 12.1 Å². The van der Waals surface area contributed by atoms with Crippen LogP contribution < -0.4 is 5.32 Å². The molecule has 2 amide bonds. The van der Waals surface area contributed by atoms with Crippen LogP contribution in [-0.4, -0.2) is 49.6 Å². The lowest BCUT2D eigenvalue weighted by Gasteiger charge is -2.31. The maximum atomic E-state index is 13.4. The van der Waals surface area contributed by atoms with Gasteiger partial charge in [0.25, 0.3) is 5.91 Å². The van der Waals surface area contributed by atoms with Crippen molar-refractivity contribution in [2.75, 3.05) is 32.8 Å². The highest BCUT2D eigenvalue weighted by Crippen LogP contribution is 2.21. The van der Waals surface area contributed by atoms with E-state index >= 15 is 0 Å².